The summed E-state index contributed by atoms with van der Waals surface area (Å²) in [6.45, 7) is 3.60. The monoisotopic (exact) mass is 385 g/mol. The Kier molecular flexibility index (Phi) is 6.77. The van der Waals surface area contributed by atoms with Gasteiger partial charge in [0.25, 0.3) is 5.91 Å². The van der Waals surface area contributed by atoms with Crippen LogP contribution in [0.25, 0.3) is 0 Å². The molecule has 152 valence electrons. The summed E-state index contributed by atoms with van der Waals surface area (Å²) in [6, 6.07) is 2.54. The molecule has 1 aromatic rings. The molecule has 2 aliphatic carbocycles. The number of carbonyl (C=O) groups is 2. The van der Waals surface area contributed by atoms with Crippen molar-refractivity contribution in [3.05, 3.63) is 16.8 Å². The molecular formula is C22H31N3O3. The first kappa shape index (κ1) is 20.4. The van der Waals surface area contributed by atoms with Gasteiger partial charge in [-0.25, -0.2) is 0 Å². The molecule has 1 aromatic heterocycles. The van der Waals surface area contributed by atoms with E-state index in [0.717, 1.165) is 43.4 Å². The second-order valence-corrected chi connectivity index (χ2v) is 8.25. The smallest absolute Gasteiger partial charge is 0.306 e. The quantitative estimate of drug-likeness (QED) is 0.698. The fraction of sp³-hybridized carbons (Fsp3) is 0.682. The van der Waals surface area contributed by atoms with E-state index in [1.165, 1.54) is 25.7 Å². The van der Waals surface area contributed by atoms with Gasteiger partial charge in [-0.1, -0.05) is 38.5 Å². The van der Waals surface area contributed by atoms with Crippen molar-refractivity contribution in [2.45, 2.75) is 84.1 Å². The van der Waals surface area contributed by atoms with Gasteiger partial charge in [0, 0.05) is 18.2 Å². The Morgan fingerprint density at radius 2 is 1.79 bits per heavy atom. The number of aromatic nitrogens is 1. The predicted octanol–water partition coefficient (Wildman–Crippen LogP) is 4.54. The molecule has 0 radical (unpaired) electrons. The first-order valence-corrected chi connectivity index (χ1v) is 10.6. The van der Waals surface area contributed by atoms with E-state index in [4.69, 9.17) is 4.74 Å². The molecule has 0 spiro atoms. The lowest BCUT2D eigenvalue weighted by atomic mass is 10.0. The lowest BCUT2D eigenvalue weighted by Gasteiger charge is -2.19. The number of rotatable bonds is 7. The van der Waals surface area contributed by atoms with Gasteiger partial charge in [0.1, 0.15) is 11.9 Å². The second-order valence-electron chi connectivity index (χ2n) is 8.25. The minimum atomic E-state index is -0.387. The maximum absolute atomic E-state index is 12.4. The molecule has 1 N–H and O–H groups in total. The zero-order valence-corrected chi connectivity index (χ0v) is 17.1. The van der Waals surface area contributed by atoms with Crippen LogP contribution in [0.15, 0.2) is 0 Å². The van der Waals surface area contributed by atoms with Crippen LogP contribution in [0, 0.1) is 31.1 Å². The van der Waals surface area contributed by atoms with Crippen LogP contribution in [-0.2, 0) is 14.3 Å². The highest BCUT2D eigenvalue weighted by Crippen LogP contribution is 2.37. The fourth-order valence-electron chi connectivity index (χ4n) is 4.71. The molecule has 0 bridgehead atoms. The molecule has 0 saturated heterocycles. The maximum Gasteiger partial charge on any atom is 0.306 e. The van der Waals surface area contributed by atoms with Gasteiger partial charge < -0.3 is 14.6 Å². The number of nitrogens with one attached hydrogen (secondary N) is 1. The van der Waals surface area contributed by atoms with Crippen molar-refractivity contribution in [2.24, 2.45) is 5.92 Å². The van der Waals surface area contributed by atoms with Crippen molar-refractivity contribution in [1.82, 2.24) is 4.57 Å². The summed E-state index contributed by atoms with van der Waals surface area (Å²) < 4.78 is 7.27. The summed E-state index contributed by atoms with van der Waals surface area (Å²) in [5.41, 5.74) is 2.43. The molecule has 0 atom stereocenters. The molecule has 0 unspecified atom stereocenters. The van der Waals surface area contributed by atoms with Crippen LogP contribution in [0.3, 0.4) is 0 Å². The standard InChI is InChI=1S/C22H31N3O3/c1-15-16(2)25(18-9-5-6-10-18)22(19(15)13-23)24-20(26)14-28-21(27)12-11-17-7-3-4-8-17/h17-18H,3-12,14H2,1-2H3,(H,24,26). The van der Waals surface area contributed by atoms with Gasteiger partial charge in [0.2, 0.25) is 0 Å². The zero-order chi connectivity index (χ0) is 20.1. The zero-order valence-electron chi connectivity index (χ0n) is 17.1. The average molecular weight is 386 g/mol. The molecule has 6 heteroatoms. The number of hydrogen-bond donors (Lipinski definition) is 1. The molecule has 0 aliphatic heterocycles. The van der Waals surface area contributed by atoms with Crippen LogP contribution in [0.4, 0.5) is 5.82 Å². The molecule has 3 rings (SSSR count). The largest absolute Gasteiger partial charge is 0.456 e. The number of amides is 1. The van der Waals surface area contributed by atoms with E-state index in [-0.39, 0.29) is 18.5 Å². The third-order valence-electron chi connectivity index (χ3n) is 6.41. The Bertz CT molecular complexity index is 763. The second kappa shape index (κ2) is 9.27. The van der Waals surface area contributed by atoms with E-state index in [0.29, 0.717) is 29.8 Å². The van der Waals surface area contributed by atoms with E-state index < -0.39 is 0 Å². The summed E-state index contributed by atoms with van der Waals surface area (Å²) >= 11 is 0. The van der Waals surface area contributed by atoms with Crippen molar-refractivity contribution in [2.75, 3.05) is 11.9 Å². The third-order valence-corrected chi connectivity index (χ3v) is 6.41. The van der Waals surface area contributed by atoms with Gasteiger partial charge in [-0.2, -0.15) is 5.26 Å². The van der Waals surface area contributed by atoms with E-state index >= 15 is 0 Å². The van der Waals surface area contributed by atoms with Crippen LogP contribution in [0.2, 0.25) is 0 Å². The van der Waals surface area contributed by atoms with Gasteiger partial charge in [-0.05, 0) is 44.6 Å². The van der Waals surface area contributed by atoms with Crippen molar-refractivity contribution in [1.29, 1.82) is 5.26 Å². The third kappa shape index (κ3) is 4.57. The Morgan fingerprint density at radius 3 is 2.43 bits per heavy atom. The number of carbonyl (C=O) groups excluding carboxylic acids is 2. The Morgan fingerprint density at radius 1 is 1.14 bits per heavy atom. The molecule has 1 amide bonds. The number of nitrogens with zero attached hydrogens (tertiary/aromatic N) is 2. The highest BCUT2D eigenvalue weighted by Gasteiger charge is 2.27. The lowest BCUT2D eigenvalue weighted by Crippen LogP contribution is -2.24. The topological polar surface area (TPSA) is 84.1 Å². The molecule has 2 saturated carbocycles. The van der Waals surface area contributed by atoms with Gasteiger partial charge in [-0.3, -0.25) is 9.59 Å². The summed E-state index contributed by atoms with van der Waals surface area (Å²) in [6.07, 6.45) is 10.6. The predicted molar refractivity (Wildman–Crippen MR) is 107 cm³/mol. The Balaban J connectivity index is 1.59. The van der Waals surface area contributed by atoms with Crippen LogP contribution in [0.1, 0.15) is 87.1 Å². The molecule has 1 heterocycles. The Labute approximate surface area is 167 Å². The normalized spacial score (nSPS) is 17.6. The van der Waals surface area contributed by atoms with E-state index in [9.17, 15) is 14.9 Å². The molecule has 0 aromatic carbocycles. The van der Waals surface area contributed by atoms with Crippen molar-refractivity contribution >= 4 is 17.7 Å². The van der Waals surface area contributed by atoms with Crippen LogP contribution < -0.4 is 5.32 Å². The van der Waals surface area contributed by atoms with E-state index in [1.807, 2.05) is 13.8 Å². The Hall–Kier alpha value is -2.29. The number of nitriles is 1. The van der Waals surface area contributed by atoms with E-state index in [1.54, 1.807) is 0 Å². The van der Waals surface area contributed by atoms with Gasteiger partial charge >= 0.3 is 5.97 Å². The maximum atomic E-state index is 12.4. The summed E-state index contributed by atoms with van der Waals surface area (Å²) in [4.78, 5) is 24.4. The van der Waals surface area contributed by atoms with Crippen LogP contribution >= 0.6 is 0 Å². The number of esters is 1. The number of hydrogen-bond acceptors (Lipinski definition) is 4. The van der Waals surface area contributed by atoms with Gasteiger partial charge in [-0.15, -0.1) is 0 Å². The molecule has 6 nitrogen and oxygen atoms in total. The first-order valence-electron chi connectivity index (χ1n) is 10.6. The fourth-order valence-corrected chi connectivity index (χ4v) is 4.71. The van der Waals surface area contributed by atoms with Gasteiger partial charge in [0.15, 0.2) is 6.61 Å². The lowest BCUT2D eigenvalue weighted by molar-refractivity contribution is -0.147. The first-order chi connectivity index (χ1) is 13.5. The molecule has 2 fully saturated rings. The SMILES string of the molecule is Cc1c(C#N)c(NC(=O)COC(=O)CCC2CCCC2)n(C2CCCC2)c1C. The number of ether oxygens (including phenoxy) is 1. The minimum absolute atomic E-state index is 0.303. The van der Waals surface area contributed by atoms with Crippen LogP contribution in [-0.4, -0.2) is 23.1 Å². The molecule has 2 aliphatic rings. The molecule has 28 heavy (non-hydrogen) atoms. The number of anilines is 1. The van der Waals surface area contributed by atoms with Crippen LogP contribution in [0.5, 0.6) is 0 Å². The van der Waals surface area contributed by atoms with Crippen molar-refractivity contribution in [3.8, 4) is 6.07 Å². The summed E-state index contributed by atoms with van der Waals surface area (Å²) in [5.74, 6) is 0.472. The van der Waals surface area contributed by atoms with Crippen molar-refractivity contribution < 1.29 is 14.3 Å². The highest BCUT2D eigenvalue weighted by atomic mass is 16.5. The van der Waals surface area contributed by atoms with E-state index in [2.05, 4.69) is 16.0 Å². The summed E-state index contributed by atoms with van der Waals surface area (Å²) in [7, 11) is 0. The highest BCUT2D eigenvalue weighted by molar-refractivity contribution is 5.93. The van der Waals surface area contributed by atoms with Crippen molar-refractivity contribution in [3.63, 3.8) is 0 Å². The average Bonchev–Trinajstić information content (AvgIpc) is 3.42. The van der Waals surface area contributed by atoms with Gasteiger partial charge in [0.05, 0.1) is 5.56 Å². The summed E-state index contributed by atoms with van der Waals surface area (Å²) in [5, 5.41) is 12.4. The molecular weight excluding hydrogens is 354 g/mol. The minimum Gasteiger partial charge on any atom is -0.456 e.